The maximum atomic E-state index is 11.5. The Morgan fingerprint density at radius 2 is 1.80 bits per heavy atom. The minimum Gasteiger partial charge on any atom is -0.465 e. The topological polar surface area (TPSA) is 55.8 Å². The molecule has 0 unspecified atom stereocenters. The van der Waals surface area contributed by atoms with Gasteiger partial charge < -0.3 is 14.4 Å². The van der Waals surface area contributed by atoms with Gasteiger partial charge in [-0.15, -0.1) is 0 Å². The lowest BCUT2D eigenvalue weighted by atomic mass is 10.4. The molecule has 0 bridgehead atoms. The van der Waals surface area contributed by atoms with E-state index in [2.05, 4.69) is 0 Å². The number of amides is 1. The van der Waals surface area contributed by atoms with Gasteiger partial charge in [-0.25, -0.2) is 0 Å². The van der Waals surface area contributed by atoms with Crippen LogP contribution in [0.25, 0.3) is 0 Å². The number of carbonyl (C=O) groups excluding carboxylic acids is 2. The minimum absolute atomic E-state index is 0.00372. The van der Waals surface area contributed by atoms with Gasteiger partial charge in [-0.2, -0.15) is 0 Å². The van der Waals surface area contributed by atoms with Crippen LogP contribution in [-0.2, 0) is 19.1 Å². The smallest absolute Gasteiger partial charge is 0.325 e. The van der Waals surface area contributed by atoms with E-state index in [0.717, 1.165) is 0 Å². The molecule has 0 aliphatic carbocycles. The summed E-state index contributed by atoms with van der Waals surface area (Å²) in [5, 5.41) is 0. The largest absolute Gasteiger partial charge is 0.465 e. The van der Waals surface area contributed by atoms with Gasteiger partial charge in [0.25, 0.3) is 0 Å². The van der Waals surface area contributed by atoms with Crippen molar-refractivity contribution in [1.29, 1.82) is 0 Å². The van der Waals surface area contributed by atoms with Crippen molar-refractivity contribution in [2.75, 3.05) is 32.9 Å². The molecule has 88 valence electrons. The Bertz CT molecular complexity index is 206. The third-order valence-corrected chi connectivity index (χ3v) is 1.79. The molecule has 5 nitrogen and oxygen atoms in total. The SMILES string of the molecule is CCOCC(=O)N(CC)CC(=O)OCC. The van der Waals surface area contributed by atoms with Crippen LogP contribution >= 0.6 is 0 Å². The summed E-state index contributed by atoms with van der Waals surface area (Å²) >= 11 is 0. The summed E-state index contributed by atoms with van der Waals surface area (Å²) in [5.41, 5.74) is 0. The summed E-state index contributed by atoms with van der Waals surface area (Å²) in [4.78, 5) is 24.0. The zero-order valence-electron chi connectivity index (χ0n) is 9.62. The minimum atomic E-state index is -0.385. The van der Waals surface area contributed by atoms with Crippen molar-refractivity contribution in [3.05, 3.63) is 0 Å². The summed E-state index contributed by atoms with van der Waals surface area (Å²) in [7, 11) is 0. The van der Waals surface area contributed by atoms with Crippen LogP contribution in [0.1, 0.15) is 20.8 Å². The molecular formula is C10H19NO4. The Balaban J connectivity index is 4.00. The summed E-state index contributed by atoms with van der Waals surface area (Å²) in [6.07, 6.45) is 0. The van der Waals surface area contributed by atoms with Crippen LogP contribution in [0.4, 0.5) is 0 Å². The van der Waals surface area contributed by atoms with Gasteiger partial charge in [0.05, 0.1) is 6.61 Å². The van der Waals surface area contributed by atoms with Gasteiger partial charge in [0.1, 0.15) is 13.2 Å². The highest BCUT2D eigenvalue weighted by Gasteiger charge is 2.15. The molecule has 5 heteroatoms. The van der Waals surface area contributed by atoms with Crippen LogP contribution in [0, 0.1) is 0 Å². The predicted octanol–water partition coefficient (Wildman–Crippen LogP) is 0.435. The third kappa shape index (κ3) is 6.06. The standard InChI is InChI=1S/C10H19NO4/c1-4-11(7-10(13)15-6-3)9(12)8-14-5-2/h4-8H2,1-3H3. The second-order valence-corrected chi connectivity index (χ2v) is 2.85. The molecule has 0 spiro atoms. The summed E-state index contributed by atoms with van der Waals surface area (Å²) < 4.78 is 9.73. The van der Waals surface area contributed by atoms with Crippen LogP contribution in [0.15, 0.2) is 0 Å². The molecule has 0 aliphatic rings. The third-order valence-electron chi connectivity index (χ3n) is 1.79. The molecule has 1 amide bonds. The average Bonchev–Trinajstić information content (AvgIpc) is 2.22. The molecule has 0 aliphatic heterocycles. The van der Waals surface area contributed by atoms with Crippen molar-refractivity contribution in [3.8, 4) is 0 Å². The molecule has 0 heterocycles. The molecule has 0 atom stereocenters. The number of ether oxygens (including phenoxy) is 2. The van der Waals surface area contributed by atoms with Gasteiger partial charge in [0, 0.05) is 13.2 Å². The van der Waals surface area contributed by atoms with Crippen molar-refractivity contribution in [2.24, 2.45) is 0 Å². The molecule has 0 aromatic rings. The van der Waals surface area contributed by atoms with Gasteiger partial charge >= 0.3 is 5.97 Å². The monoisotopic (exact) mass is 217 g/mol. The first kappa shape index (κ1) is 13.9. The van der Waals surface area contributed by atoms with E-state index in [4.69, 9.17) is 9.47 Å². The van der Waals surface area contributed by atoms with Gasteiger partial charge in [-0.05, 0) is 20.8 Å². The lowest BCUT2D eigenvalue weighted by Crippen LogP contribution is -2.38. The van der Waals surface area contributed by atoms with Crippen LogP contribution in [0.3, 0.4) is 0 Å². The second-order valence-electron chi connectivity index (χ2n) is 2.85. The number of esters is 1. The van der Waals surface area contributed by atoms with Crippen LogP contribution in [0.2, 0.25) is 0 Å². The van der Waals surface area contributed by atoms with E-state index in [1.165, 1.54) is 4.90 Å². The number of hydrogen-bond donors (Lipinski definition) is 0. The number of hydrogen-bond acceptors (Lipinski definition) is 4. The van der Waals surface area contributed by atoms with E-state index in [-0.39, 0.29) is 25.0 Å². The normalized spacial score (nSPS) is 9.80. The molecule has 15 heavy (non-hydrogen) atoms. The zero-order valence-corrected chi connectivity index (χ0v) is 9.62. The van der Waals surface area contributed by atoms with Gasteiger partial charge in [0.2, 0.25) is 5.91 Å². The van der Waals surface area contributed by atoms with Crippen LogP contribution in [-0.4, -0.2) is 49.7 Å². The summed E-state index contributed by atoms with van der Waals surface area (Å²) in [6, 6.07) is 0. The molecule has 0 radical (unpaired) electrons. The van der Waals surface area contributed by atoms with E-state index < -0.39 is 0 Å². The van der Waals surface area contributed by atoms with E-state index in [9.17, 15) is 9.59 Å². The maximum Gasteiger partial charge on any atom is 0.325 e. The van der Waals surface area contributed by atoms with Gasteiger partial charge in [-0.3, -0.25) is 9.59 Å². The predicted molar refractivity (Wildman–Crippen MR) is 55.4 cm³/mol. The van der Waals surface area contributed by atoms with Crippen LogP contribution in [0.5, 0.6) is 0 Å². The Morgan fingerprint density at radius 3 is 2.27 bits per heavy atom. The number of rotatable bonds is 7. The molecule has 0 saturated heterocycles. The van der Waals surface area contributed by atoms with E-state index in [1.54, 1.807) is 6.92 Å². The fraction of sp³-hybridized carbons (Fsp3) is 0.800. The number of likely N-dealkylation sites (N-methyl/N-ethyl adjacent to an activating group) is 1. The Morgan fingerprint density at radius 1 is 1.13 bits per heavy atom. The zero-order chi connectivity index (χ0) is 11.7. The molecule has 0 aromatic carbocycles. The lowest BCUT2D eigenvalue weighted by Gasteiger charge is -2.19. The van der Waals surface area contributed by atoms with Crippen molar-refractivity contribution in [3.63, 3.8) is 0 Å². The quantitative estimate of drug-likeness (QED) is 0.580. The highest BCUT2D eigenvalue weighted by molar-refractivity contribution is 5.82. The first-order valence-electron chi connectivity index (χ1n) is 5.16. The van der Waals surface area contributed by atoms with Crippen LogP contribution < -0.4 is 0 Å². The Labute approximate surface area is 90.3 Å². The molecule has 0 N–H and O–H groups in total. The molecule has 0 rings (SSSR count). The summed E-state index contributed by atoms with van der Waals surface area (Å²) in [6.45, 7) is 6.66. The van der Waals surface area contributed by atoms with E-state index in [1.807, 2.05) is 13.8 Å². The van der Waals surface area contributed by atoms with Crippen molar-refractivity contribution in [2.45, 2.75) is 20.8 Å². The Kier molecular flexibility index (Phi) is 7.62. The van der Waals surface area contributed by atoms with E-state index >= 15 is 0 Å². The second kappa shape index (κ2) is 8.23. The van der Waals surface area contributed by atoms with Crippen molar-refractivity contribution < 1.29 is 19.1 Å². The fourth-order valence-corrected chi connectivity index (χ4v) is 1.02. The van der Waals surface area contributed by atoms with Crippen molar-refractivity contribution >= 4 is 11.9 Å². The highest BCUT2D eigenvalue weighted by atomic mass is 16.5. The first-order valence-corrected chi connectivity index (χ1v) is 5.16. The van der Waals surface area contributed by atoms with Crippen molar-refractivity contribution in [1.82, 2.24) is 4.90 Å². The van der Waals surface area contributed by atoms with E-state index in [0.29, 0.717) is 19.8 Å². The van der Waals surface area contributed by atoms with Gasteiger partial charge in [0.15, 0.2) is 0 Å². The molecule has 0 fully saturated rings. The first-order chi connectivity index (χ1) is 7.15. The lowest BCUT2D eigenvalue weighted by molar-refractivity contribution is -0.150. The van der Waals surface area contributed by atoms with Gasteiger partial charge in [-0.1, -0.05) is 0 Å². The highest BCUT2D eigenvalue weighted by Crippen LogP contribution is 1.92. The Hall–Kier alpha value is -1.10. The molecule has 0 saturated carbocycles. The summed E-state index contributed by atoms with van der Waals surface area (Å²) in [5.74, 6) is -0.573. The average molecular weight is 217 g/mol. The maximum absolute atomic E-state index is 11.5. The fourth-order valence-electron chi connectivity index (χ4n) is 1.02. The molecule has 0 aromatic heterocycles. The molecular weight excluding hydrogens is 198 g/mol. The number of nitrogens with zero attached hydrogens (tertiary/aromatic N) is 1. The number of carbonyl (C=O) groups is 2.